The fourth-order valence-corrected chi connectivity index (χ4v) is 3.32. The van der Waals surface area contributed by atoms with E-state index in [9.17, 15) is 4.39 Å². The van der Waals surface area contributed by atoms with Crippen molar-refractivity contribution >= 4 is 27.5 Å². The molecule has 0 radical (unpaired) electrons. The van der Waals surface area contributed by atoms with Crippen LogP contribution in [0.5, 0.6) is 5.75 Å². The first kappa shape index (κ1) is 14.9. The van der Waals surface area contributed by atoms with Gasteiger partial charge < -0.3 is 4.74 Å². The lowest BCUT2D eigenvalue weighted by Crippen LogP contribution is -2.24. The molecule has 0 aliphatic carbocycles. The van der Waals surface area contributed by atoms with Crippen molar-refractivity contribution in [3.8, 4) is 5.75 Å². The fourth-order valence-electron chi connectivity index (χ4n) is 2.65. The molecule has 1 unspecified atom stereocenters. The van der Waals surface area contributed by atoms with Crippen molar-refractivity contribution in [3.05, 3.63) is 63.4 Å². The molecule has 1 nitrogen and oxygen atoms in total. The topological polar surface area (TPSA) is 9.23 Å². The highest BCUT2D eigenvalue weighted by molar-refractivity contribution is 9.10. The Morgan fingerprint density at radius 3 is 2.57 bits per heavy atom. The van der Waals surface area contributed by atoms with Crippen molar-refractivity contribution in [2.45, 2.75) is 31.2 Å². The summed E-state index contributed by atoms with van der Waals surface area (Å²) in [6.45, 7) is 4.14. The Hall–Kier alpha value is -1.06. The van der Waals surface area contributed by atoms with Crippen molar-refractivity contribution in [3.63, 3.8) is 0 Å². The highest BCUT2D eigenvalue weighted by Crippen LogP contribution is 2.39. The molecule has 0 aromatic heterocycles. The second-order valence-corrected chi connectivity index (χ2v) is 7.23. The quantitative estimate of drug-likeness (QED) is 0.623. The van der Waals surface area contributed by atoms with Crippen LogP contribution in [0, 0.1) is 5.82 Å². The van der Waals surface area contributed by atoms with E-state index in [1.807, 2.05) is 12.1 Å². The largest absolute Gasteiger partial charge is 0.487 e. The van der Waals surface area contributed by atoms with Gasteiger partial charge in [-0.05, 0) is 64.7 Å². The number of halogens is 3. The molecule has 1 aliphatic heterocycles. The van der Waals surface area contributed by atoms with E-state index >= 15 is 0 Å². The van der Waals surface area contributed by atoms with E-state index in [4.69, 9.17) is 16.3 Å². The molecule has 0 saturated carbocycles. The molecule has 0 saturated heterocycles. The molecule has 2 aromatic rings. The van der Waals surface area contributed by atoms with Gasteiger partial charge in [0, 0.05) is 6.42 Å². The average Bonchev–Trinajstić information content (AvgIpc) is 2.73. The van der Waals surface area contributed by atoms with E-state index in [0.29, 0.717) is 4.47 Å². The van der Waals surface area contributed by atoms with Crippen LogP contribution in [0.4, 0.5) is 4.39 Å². The first-order valence-electron chi connectivity index (χ1n) is 6.76. The third-order valence-electron chi connectivity index (χ3n) is 3.62. The second kappa shape index (κ2) is 5.29. The number of hydrogen-bond donors (Lipinski definition) is 0. The SMILES string of the molecule is CC1(C)Cc2cc(C(Cl)c3ccc(F)c(Br)c3)ccc2O1. The maximum atomic E-state index is 13.3. The molecule has 0 amide bonds. The zero-order valence-corrected chi connectivity index (χ0v) is 14.1. The molecule has 0 bridgehead atoms. The van der Waals surface area contributed by atoms with E-state index in [-0.39, 0.29) is 16.8 Å². The van der Waals surface area contributed by atoms with Gasteiger partial charge in [-0.25, -0.2) is 4.39 Å². The Morgan fingerprint density at radius 2 is 1.86 bits per heavy atom. The summed E-state index contributed by atoms with van der Waals surface area (Å²) in [5.41, 5.74) is 2.87. The molecule has 0 fully saturated rings. The van der Waals surface area contributed by atoms with Gasteiger partial charge in [-0.2, -0.15) is 0 Å². The maximum absolute atomic E-state index is 13.3. The van der Waals surface area contributed by atoms with Gasteiger partial charge in [0.25, 0.3) is 0 Å². The minimum atomic E-state index is -0.309. The summed E-state index contributed by atoms with van der Waals surface area (Å²) in [6, 6.07) is 10.9. The molecule has 2 aromatic carbocycles. The second-order valence-electron chi connectivity index (χ2n) is 5.94. The molecular weight excluding hydrogens is 355 g/mol. The van der Waals surface area contributed by atoms with Crippen LogP contribution in [0.3, 0.4) is 0 Å². The molecule has 21 heavy (non-hydrogen) atoms. The van der Waals surface area contributed by atoms with E-state index in [1.54, 1.807) is 12.1 Å². The molecule has 0 N–H and O–H groups in total. The summed E-state index contributed by atoms with van der Waals surface area (Å²) in [4.78, 5) is 0. The van der Waals surface area contributed by atoms with Gasteiger partial charge >= 0.3 is 0 Å². The van der Waals surface area contributed by atoms with Crippen molar-refractivity contribution < 1.29 is 9.13 Å². The first-order valence-corrected chi connectivity index (χ1v) is 7.99. The highest BCUT2D eigenvalue weighted by Gasteiger charge is 2.30. The number of rotatable bonds is 2. The zero-order valence-electron chi connectivity index (χ0n) is 11.8. The molecular formula is C17H15BrClFO. The van der Waals surface area contributed by atoms with Gasteiger partial charge in [-0.3, -0.25) is 0 Å². The number of fused-ring (bicyclic) bond motifs is 1. The molecule has 1 heterocycles. The van der Waals surface area contributed by atoms with Crippen LogP contribution in [-0.4, -0.2) is 5.60 Å². The number of ether oxygens (including phenoxy) is 1. The third-order valence-corrected chi connectivity index (χ3v) is 4.73. The van der Waals surface area contributed by atoms with E-state index in [0.717, 1.165) is 23.3 Å². The van der Waals surface area contributed by atoms with E-state index in [1.165, 1.54) is 11.6 Å². The highest BCUT2D eigenvalue weighted by atomic mass is 79.9. The lowest BCUT2D eigenvalue weighted by molar-refractivity contribution is 0.138. The van der Waals surface area contributed by atoms with Crippen LogP contribution < -0.4 is 4.74 Å². The normalized spacial score (nSPS) is 17.2. The molecule has 0 spiro atoms. The van der Waals surface area contributed by atoms with E-state index in [2.05, 4.69) is 35.8 Å². The molecule has 1 atom stereocenters. The van der Waals surface area contributed by atoms with Gasteiger partial charge in [0.2, 0.25) is 0 Å². The first-order chi connectivity index (χ1) is 9.85. The molecule has 1 aliphatic rings. The monoisotopic (exact) mass is 368 g/mol. The van der Waals surface area contributed by atoms with Crippen molar-refractivity contribution in [1.82, 2.24) is 0 Å². The molecule has 4 heteroatoms. The van der Waals surface area contributed by atoms with Crippen LogP contribution in [0.15, 0.2) is 40.9 Å². The van der Waals surface area contributed by atoms with Crippen LogP contribution in [0.2, 0.25) is 0 Å². The predicted octanol–water partition coefficient (Wildman–Crippen LogP) is 5.63. The van der Waals surface area contributed by atoms with Gasteiger partial charge in [-0.1, -0.05) is 18.2 Å². The Balaban J connectivity index is 1.93. The maximum Gasteiger partial charge on any atom is 0.137 e. The number of alkyl halides is 1. The standard InChI is InChI=1S/C17H15BrClFO/c1-17(2)9-12-7-10(4-6-15(12)21-17)16(19)11-3-5-14(20)13(18)8-11/h3-8,16H,9H2,1-2H3. The number of hydrogen-bond acceptors (Lipinski definition) is 1. The Labute approximate surface area is 137 Å². The lowest BCUT2D eigenvalue weighted by atomic mass is 9.97. The predicted molar refractivity (Wildman–Crippen MR) is 86.6 cm³/mol. The summed E-state index contributed by atoms with van der Waals surface area (Å²) < 4.78 is 19.6. The Kier molecular flexibility index (Phi) is 3.74. The van der Waals surface area contributed by atoms with Crippen LogP contribution >= 0.6 is 27.5 Å². The minimum Gasteiger partial charge on any atom is -0.487 e. The summed E-state index contributed by atoms with van der Waals surface area (Å²) in [5.74, 6) is 0.639. The van der Waals surface area contributed by atoms with E-state index < -0.39 is 0 Å². The summed E-state index contributed by atoms with van der Waals surface area (Å²) in [5, 5.41) is -0.309. The summed E-state index contributed by atoms with van der Waals surface area (Å²) in [6.07, 6.45) is 0.868. The van der Waals surface area contributed by atoms with Gasteiger partial charge in [0.1, 0.15) is 17.2 Å². The van der Waals surface area contributed by atoms with Crippen LogP contribution in [0.1, 0.15) is 35.9 Å². The van der Waals surface area contributed by atoms with Crippen molar-refractivity contribution in [1.29, 1.82) is 0 Å². The smallest absolute Gasteiger partial charge is 0.137 e. The fraction of sp³-hybridized carbons (Fsp3) is 0.294. The lowest BCUT2D eigenvalue weighted by Gasteiger charge is -2.16. The zero-order chi connectivity index (χ0) is 15.2. The minimum absolute atomic E-state index is 0.165. The summed E-state index contributed by atoms with van der Waals surface area (Å²) in [7, 11) is 0. The Bertz CT molecular complexity index is 699. The van der Waals surface area contributed by atoms with Gasteiger partial charge in [-0.15, -0.1) is 11.6 Å². The molecule has 110 valence electrons. The molecule has 3 rings (SSSR count). The average molecular weight is 370 g/mol. The Morgan fingerprint density at radius 1 is 1.19 bits per heavy atom. The van der Waals surface area contributed by atoms with Gasteiger partial charge in [0.05, 0.1) is 9.85 Å². The van der Waals surface area contributed by atoms with Crippen molar-refractivity contribution in [2.75, 3.05) is 0 Å². The number of benzene rings is 2. The van der Waals surface area contributed by atoms with Gasteiger partial charge in [0.15, 0.2) is 0 Å². The van der Waals surface area contributed by atoms with Crippen LogP contribution in [0.25, 0.3) is 0 Å². The summed E-state index contributed by atoms with van der Waals surface area (Å²) >= 11 is 9.74. The third kappa shape index (κ3) is 2.95. The van der Waals surface area contributed by atoms with Crippen LogP contribution in [-0.2, 0) is 6.42 Å². The van der Waals surface area contributed by atoms with Crippen molar-refractivity contribution in [2.24, 2.45) is 0 Å².